The van der Waals surface area contributed by atoms with E-state index in [2.05, 4.69) is 15.2 Å². The molecule has 1 N–H and O–H groups in total. The molecule has 0 saturated carbocycles. The number of likely N-dealkylation sites (tertiary alicyclic amines) is 1. The Morgan fingerprint density at radius 2 is 2.15 bits per heavy atom. The Morgan fingerprint density at radius 1 is 1.30 bits per heavy atom. The summed E-state index contributed by atoms with van der Waals surface area (Å²) in [5, 5.41) is 2.97. The fraction of sp³-hybridized carbons (Fsp3) is 0.450. The normalized spacial score (nSPS) is 19.7. The van der Waals surface area contributed by atoms with Gasteiger partial charge in [-0.25, -0.2) is 4.98 Å². The summed E-state index contributed by atoms with van der Waals surface area (Å²) in [6.45, 7) is 3.38. The molecule has 7 heteroatoms. The SMILES string of the molecule is O=C(NCc1ccnc(N2CCCC2)c1)[C@H]1CC(=O)N(Cc2ccco2)C1. The first-order valence-electron chi connectivity index (χ1n) is 9.47. The highest BCUT2D eigenvalue weighted by molar-refractivity contribution is 5.89. The quantitative estimate of drug-likeness (QED) is 0.843. The molecule has 2 aromatic rings. The number of pyridine rings is 1. The number of furan rings is 1. The maximum Gasteiger partial charge on any atom is 0.225 e. The van der Waals surface area contributed by atoms with Gasteiger partial charge in [0.25, 0.3) is 0 Å². The molecule has 2 fully saturated rings. The summed E-state index contributed by atoms with van der Waals surface area (Å²) < 4.78 is 5.29. The summed E-state index contributed by atoms with van der Waals surface area (Å²) in [5.74, 6) is 1.31. The van der Waals surface area contributed by atoms with E-state index in [9.17, 15) is 9.59 Å². The number of aromatic nitrogens is 1. The van der Waals surface area contributed by atoms with Crippen molar-refractivity contribution >= 4 is 17.6 Å². The monoisotopic (exact) mass is 368 g/mol. The van der Waals surface area contributed by atoms with Crippen LogP contribution in [0.25, 0.3) is 0 Å². The van der Waals surface area contributed by atoms with Crippen LogP contribution in [0.3, 0.4) is 0 Å². The van der Waals surface area contributed by atoms with Gasteiger partial charge in [0.2, 0.25) is 11.8 Å². The van der Waals surface area contributed by atoms with E-state index in [1.54, 1.807) is 23.4 Å². The van der Waals surface area contributed by atoms with E-state index in [-0.39, 0.29) is 24.2 Å². The Morgan fingerprint density at radius 3 is 2.93 bits per heavy atom. The molecule has 2 aliphatic heterocycles. The second-order valence-corrected chi connectivity index (χ2v) is 7.19. The fourth-order valence-electron chi connectivity index (χ4n) is 3.71. The van der Waals surface area contributed by atoms with Crippen molar-refractivity contribution in [1.29, 1.82) is 0 Å². The number of amides is 2. The van der Waals surface area contributed by atoms with Crippen LogP contribution >= 0.6 is 0 Å². The zero-order valence-electron chi connectivity index (χ0n) is 15.3. The van der Waals surface area contributed by atoms with Crippen molar-refractivity contribution in [2.45, 2.75) is 32.4 Å². The maximum atomic E-state index is 12.5. The van der Waals surface area contributed by atoms with Gasteiger partial charge in [-0.15, -0.1) is 0 Å². The molecule has 0 spiro atoms. The predicted octanol–water partition coefficient (Wildman–Crippen LogP) is 1.94. The number of rotatable bonds is 6. The van der Waals surface area contributed by atoms with E-state index in [1.165, 1.54) is 12.8 Å². The number of nitrogens with zero attached hydrogens (tertiary/aromatic N) is 3. The van der Waals surface area contributed by atoms with Crippen molar-refractivity contribution < 1.29 is 14.0 Å². The second-order valence-electron chi connectivity index (χ2n) is 7.19. The topological polar surface area (TPSA) is 78.7 Å². The van der Waals surface area contributed by atoms with Crippen molar-refractivity contribution in [3.63, 3.8) is 0 Å². The Balaban J connectivity index is 1.30. The van der Waals surface area contributed by atoms with Gasteiger partial charge in [-0.2, -0.15) is 0 Å². The molecule has 4 rings (SSSR count). The Labute approximate surface area is 158 Å². The van der Waals surface area contributed by atoms with Crippen LogP contribution in [0.2, 0.25) is 0 Å². The highest BCUT2D eigenvalue weighted by atomic mass is 16.3. The molecule has 0 aromatic carbocycles. The van der Waals surface area contributed by atoms with Crippen LogP contribution in [-0.4, -0.2) is 41.3 Å². The third-order valence-electron chi connectivity index (χ3n) is 5.22. The van der Waals surface area contributed by atoms with E-state index >= 15 is 0 Å². The lowest BCUT2D eigenvalue weighted by atomic mass is 10.1. The molecular weight excluding hydrogens is 344 g/mol. The van der Waals surface area contributed by atoms with Crippen LogP contribution < -0.4 is 10.2 Å². The van der Waals surface area contributed by atoms with Gasteiger partial charge in [-0.1, -0.05) is 0 Å². The molecule has 27 heavy (non-hydrogen) atoms. The number of nitrogens with one attached hydrogen (secondary N) is 1. The molecule has 142 valence electrons. The lowest BCUT2D eigenvalue weighted by Crippen LogP contribution is -2.32. The summed E-state index contributed by atoms with van der Waals surface area (Å²) >= 11 is 0. The van der Waals surface area contributed by atoms with Gasteiger partial charge in [0.05, 0.1) is 18.7 Å². The van der Waals surface area contributed by atoms with Crippen LogP contribution in [0.5, 0.6) is 0 Å². The molecule has 0 radical (unpaired) electrons. The number of anilines is 1. The summed E-state index contributed by atoms with van der Waals surface area (Å²) in [6.07, 6.45) is 6.03. The van der Waals surface area contributed by atoms with Gasteiger partial charge >= 0.3 is 0 Å². The molecule has 0 aliphatic carbocycles. The predicted molar refractivity (Wildman–Crippen MR) is 99.8 cm³/mol. The number of carbonyl (C=O) groups is 2. The largest absolute Gasteiger partial charge is 0.467 e. The highest BCUT2D eigenvalue weighted by Gasteiger charge is 2.34. The minimum absolute atomic E-state index is 0.00761. The fourth-order valence-corrected chi connectivity index (χ4v) is 3.71. The van der Waals surface area contributed by atoms with Crippen LogP contribution in [0.1, 0.15) is 30.6 Å². The average Bonchev–Trinajstić information content (AvgIpc) is 3.43. The third-order valence-corrected chi connectivity index (χ3v) is 5.22. The van der Waals surface area contributed by atoms with Gasteiger partial charge in [-0.3, -0.25) is 9.59 Å². The standard InChI is InChI=1S/C20H24N4O3/c25-19-11-16(13-24(19)14-17-4-3-9-27-17)20(26)22-12-15-5-6-21-18(10-15)23-7-1-2-8-23/h3-6,9-10,16H,1-2,7-8,11-14H2,(H,22,26)/t16-/m0/s1. The van der Waals surface area contributed by atoms with E-state index in [0.29, 0.717) is 19.6 Å². The molecule has 2 aliphatic rings. The molecule has 1 atom stereocenters. The van der Waals surface area contributed by atoms with E-state index in [4.69, 9.17) is 4.42 Å². The Hall–Kier alpha value is -2.83. The van der Waals surface area contributed by atoms with E-state index in [0.717, 1.165) is 30.2 Å². The average molecular weight is 368 g/mol. The van der Waals surface area contributed by atoms with Crippen LogP contribution in [0.4, 0.5) is 5.82 Å². The third kappa shape index (κ3) is 4.13. The first-order valence-corrected chi connectivity index (χ1v) is 9.47. The molecule has 0 bridgehead atoms. The number of hydrogen-bond donors (Lipinski definition) is 1. The number of carbonyl (C=O) groups excluding carboxylic acids is 2. The molecule has 4 heterocycles. The van der Waals surface area contributed by atoms with E-state index in [1.807, 2.05) is 18.2 Å². The van der Waals surface area contributed by atoms with Crippen LogP contribution in [0.15, 0.2) is 41.1 Å². The van der Waals surface area contributed by atoms with Gasteiger partial charge in [0.1, 0.15) is 11.6 Å². The Bertz CT molecular complexity index is 799. The lowest BCUT2D eigenvalue weighted by Gasteiger charge is -2.17. The molecule has 2 saturated heterocycles. The van der Waals surface area contributed by atoms with Crippen LogP contribution in [-0.2, 0) is 22.7 Å². The van der Waals surface area contributed by atoms with Crippen molar-refractivity contribution in [3.05, 3.63) is 48.0 Å². The lowest BCUT2D eigenvalue weighted by molar-refractivity contribution is -0.129. The molecule has 0 unspecified atom stereocenters. The number of hydrogen-bond acceptors (Lipinski definition) is 5. The van der Waals surface area contributed by atoms with Gasteiger partial charge < -0.3 is 19.5 Å². The summed E-state index contributed by atoms with van der Waals surface area (Å²) in [6, 6.07) is 7.59. The van der Waals surface area contributed by atoms with Crippen molar-refractivity contribution in [2.24, 2.45) is 5.92 Å². The first-order chi connectivity index (χ1) is 13.2. The van der Waals surface area contributed by atoms with E-state index < -0.39 is 0 Å². The minimum atomic E-state index is -0.313. The Kier molecular flexibility index (Phi) is 5.09. The molecule has 2 aromatic heterocycles. The second kappa shape index (κ2) is 7.82. The molecule has 7 nitrogen and oxygen atoms in total. The zero-order valence-corrected chi connectivity index (χ0v) is 15.3. The maximum absolute atomic E-state index is 12.5. The van der Waals surface area contributed by atoms with Crippen molar-refractivity contribution in [2.75, 3.05) is 24.5 Å². The van der Waals surface area contributed by atoms with Crippen molar-refractivity contribution in [3.8, 4) is 0 Å². The summed E-state index contributed by atoms with van der Waals surface area (Å²) in [7, 11) is 0. The zero-order chi connectivity index (χ0) is 18.6. The highest BCUT2D eigenvalue weighted by Crippen LogP contribution is 2.21. The molecular formula is C20H24N4O3. The van der Waals surface area contributed by atoms with Crippen molar-refractivity contribution in [1.82, 2.24) is 15.2 Å². The summed E-state index contributed by atoms with van der Waals surface area (Å²) in [5.41, 5.74) is 1.03. The molecule has 2 amide bonds. The van der Waals surface area contributed by atoms with Gasteiger partial charge in [-0.05, 0) is 42.7 Å². The smallest absolute Gasteiger partial charge is 0.225 e. The minimum Gasteiger partial charge on any atom is -0.467 e. The van der Waals surface area contributed by atoms with Gasteiger partial charge in [0.15, 0.2) is 0 Å². The first kappa shape index (κ1) is 17.6. The van der Waals surface area contributed by atoms with Gasteiger partial charge in [0, 0.05) is 38.8 Å². The van der Waals surface area contributed by atoms with Crippen LogP contribution in [0, 0.1) is 5.92 Å². The summed E-state index contributed by atoms with van der Waals surface area (Å²) in [4.78, 5) is 33.1.